The van der Waals surface area contributed by atoms with Crippen LogP contribution in [0.2, 0.25) is 0 Å². The molecular formula is C14H22N2O2. The van der Waals surface area contributed by atoms with E-state index in [2.05, 4.69) is 6.92 Å². The molecule has 0 aliphatic heterocycles. The molecule has 0 fully saturated rings. The number of unbranched alkanes of at least 4 members (excludes halogenated alkanes) is 2. The van der Waals surface area contributed by atoms with E-state index < -0.39 is 0 Å². The van der Waals surface area contributed by atoms with E-state index in [-0.39, 0.29) is 16.7 Å². The predicted octanol–water partition coefficient (Wildman–Crippen LogP) is 3.79. The highest BCUT2D eigenvalue weighted by molar-refractivity contribution is 5.48. The predicted molar refractivity (Wildman–Crippen MR) is 73.6 cm³/mol. The third-order valence-corrected chi connectivity index (χ3v) is 3.41. The third-order valence-electron chi connectivity index (χ3n) is 3.41. The van der Waals surface area contributed by atoms with Crippen LogP contribution in [0.1, 0.15) is 55.3 Å². The fourth-order valence-corrected chi connectivity index (χ4v) is 2.05. The van der Waals surface area contributed by atoms with Gasteiger partial charge in [-0.3, -0.25) is 10.1 Å². The number of nitro groups is 1. The Labute approximate surface area is 108 Å². The van der Waals surface area contributed by atoms with Crippen molar-refractivity contribution in [3.63, 3.8) is 0 Å². The summed E-state index contributed by atoms with van der Waals surface area (Å²) in [6.45, 7) is 5.82. The molecule has 1 aromatic rings. The Balaban J connectivity index is 2.92. The summed E-state index contributed by atoms with van der Waals surface area (Å²) in [7, 11) is 0. The van der Waals surface area contributed by atoms with Crippen LogP contribution in [-0.2, 0) is 0 Å². The van der Waals surface area contributed by atoms with E-state index in [4.69, 9.17) is 5.73 Å². The minimum Gasteiger partial charge on any atom is -0.324 e. The molecule has 0 aliphatic rings. The lowest BCUT2D eigenvalue weighted by Gasteiger charge is -2.13. The molecule has 100 valence electrons. The summed E-state index contributed by atoms with van der Waals surface area (Å²) >= 11 is 0. The van der Waals surface area contributed by atoms with E-state index in [0.29, 0.717) is 0 Å². The SMILES string of the molecule is CCCCCC(N)c1cc(C)c(C)c([N+](=O)[O-])c1. The number of benzene rings is 1. The van der Waals surface area contributed by atoms with Crippen LogP contribution in [0.4, 0.5) is 5.69 Å². The van der Waals surface area contributed by atoms with Crippen molar-refractivity contribution in [2.24, 2.45) is 5.73 Å². The van der Waals surface area contributed by atoms with Crippen molar-refractivity contribution in [3.8, 4) is 0 Å². The normalized spacial score (nSPS) is 12.4. The van der Waals surface area contributed by atoms with Gasteiger partial charge in [-0.15, -0.1) is 0 Å². The van der Waals surface area contributed by atoms with Gasteiger partial charge in [0, 0.05) is 17.7 Å². The summed E-state index contributed by atoms with van der Waals surface area (Å²) < 4.78 is 0. The first-order valence-electron chi connectivity index (χ1n) is 6.48. The molecule has 0 saturated heterocycles. The molecule has 1 aromatic carbocycles. The van der Waals surface area contributed by atoms with E-state index in [0.717, 1.165) is 42.4 Å². The van der Waals surface area contributed by atoms with Crippen LogP contribution in [0.25, 0.3) is 0 Å². The molecular weight excluding hydrogens is 228 g/mol. The second-order valence-corrected chi connectivity index (χ2v) is 4.84. The topological polar surface area (TPSA) is 69.2 Å². The first-order valence-corrected chi connectivity index (χ1v) is 6.48. The summed E-state index contributed by atoms with van der Waals surface area (Å²) in [5.41, 5.74) is 8.82. The van der Waals surface area contributed by atoms with Gasteiger partial charge in [0.05, 0.1) is 4.92 Å². The highest BCUT2D eigenvalue weighted by Crippen LogP contribution is 2.27. The minimum absolute atomic E-state index is 0.102. The molecule has 1 atom stereocenters. The molecule has 2 N–H and O–H groups in total. The molecule has 0 saturated carbocycles. The van der Waals surface area contributed by atoms with Gasteiger partial charge in [0.2, 0.25) is 0 Å². The lowest BCUT2D eigenvalue weighted by Crippen LogP contribution is -2.11. The summed E-state index contributed by atoms with van der Waals surface area (Å²) in [6, 6.07) is 3.49. The number of hydrogen-bond acceptors (Lipinski definition) is 3. The van der Waals surface area contributed by atoms with Gasteiger partial charge in [-0.2, -0.15) is 0 Å². The number of nitrogens with zero attached hydrogens (tertiary/aromatic N) is 1. The molecule has 0 spiro atoms. The van der Waals surface area contributed by atoms with Crippen LogP contribution in [-0.4, -0.2) is 4.92 Å². The zero-order chi connectivity index (χ0) is 13.7. The Hall–Kier alpha value is -1.42. The van der Waals surface area contributed by atoms with Crippen LogP contribution < -0.4 is 5.73 Å². The molecule has 4 heteroatoms. The van der Waals surface area contributed by atoms with Crippen molar-refractivity contribution in [1.29, 1.82) is 0 Å². The van der Waals surface area contributed by atoms with Gasteiger partial charge >= 0.3 is 0 Å². The molecule has 0 amide bonds. The maximum atomic E-state index is 11.0. The first-order chi connectivity index (χ1) is 8.47. The largest absolute Gasteiger partial charge is 0.324 e. The lowest BCUT2D eigenvalue weighted by molar-refractivity contribution is -0.385. The van der Waals surface area contributed by atoms with E-state index >= 15 is 0 Å². The molecule has 0 bridgehead atoms. The first kappa shape index (κ1) is 14.6. The maximum absolute atomic E-state index is 11.0. The number of hydrogen-bond donors (Lipinski definition) is 1. The third kappa shape index (κ3) is 3.53. The second kappa shape index (κ2) is 6.50. The fourth-order valence-electron chi connectivity index (χ4n) is 2.05. The molecule has 4 nitrogen and oxygen atoms in total. The van der Waals surface area contributed by atoms with Crippen molar-refractivity contribution in [2.45, 2.75) is 52.5 Å². The van der Waals surface area contributed by atoms with Crippen LogP contribution in [0, 0.1) is 24.0 Å². The zero-order valence-electron chi connectivity index (χ0n) is 11.4. The average molecular weight is 250 g/mol. The van der Waals surface area contributed by atoms with Crippen LogP contribution in [0.3, 0.4) is 0 Å². The van der Waals surface area contributed by atoms with Gasteiger partial charge in [0.1, 0.15) is 0 Å². The number of nitro benzene ring substituents is 1. The zero-order valence-corrected chi connectivity index (χ0v) is 11.4. The molecule has 18 heavy (non-hydrogen) atoms. The lowest BCUT2D eigenvalue weighted by atomic mass is 9.96. The van der Waals surface area contributed by atoms with Crippen LogP contribution in [0.15, 0.2) is 12.1 Å². The molecule has 0 aromatic heterocycles. The highest BCUT2D eigenvalue weighted by Gasteiger charge is 2.16. The monoisotopic (exact) mass is 250 g/mol. The molecule has 0 aliphatic carbocycles. The Morgan fingerprint density at radius 3 is 2.56 bits per heavy atom. The van der Waals surface area contributed by atoms with Crippen LogP contribution >= 0.6 is 0 Å². The molecule has 0 heterocycles. The number of aryl methyl sites for hydroxylation is 1. The Morgan fingerprint density at radius 2 is 2.00 bits per heavy atom. The minimum atomic E-state index is -0.329. The summed E-state index contributed by atoms with van der Waals surface area (Å²) in [5, 5.41) is 11.0. The molecule has 1 unspecified atom stereocenters. The summed E-state index contributed by atoms with van der Waals surface area (Å²) in [5.74, 6) is 0. The van der Waals surface area contributed by atoms with Gasteiger partial charge in [-0.05, 0) is 31.4 Å². The van der Waals surface area contributed by atoms with Crippen molar-refractivity contribution in [1.82, 2.24) is 0 Å². The standard InChI is InChI=1S/C14H22N2O2/c1-4-5-6-7-13(15)12-8-10(2)11(3)14(9-12)16(17)18/h8-9,13H,4-7,15H2,1-3H3. The van der Waals surface area contributed by atoms with Crippen molar-refractivity contribution in [2.75, 3.05) is 0 Å². The molecule has 1 rings (SSSR count). The van der Waals surface area contributed by atoms with E-state index in [9.17, 15) is 10.1 Å². The van der Waals surface area contributed by atoms with Gasteiger partial charge in [0.15, 0.2) is 0 Å². The van der Waals surface area contributed by atoms with Crippen molar-refractivity contribution in [3.05, 3.63) is 38.9 Å². The van der Waals surface area contributed by atoms with Crippen molar-refractivity contribution >= 4 is 5.69 Å². The smallest absolute Gasteiger partial charge is 0.272 e. The summed E-state index contributed by atoms with van der Waals surface area (Å²) in [6.07, 6.45) is 4.26. The van der Waals surface area contributed by atoms with E-state index in [1.807, 2.05) is 13.0 Å². The molecule has 0 radical (unpaired) electrons. The quantitative estimate of drug-likeness (QED) is 0.474. The number of nitrogens with two attached hydrogens (primary N) is 1. The Morgan fingerprint density at radius 1 is 1.33 bits per heavy atom. The highest BCUT2D eigenvalue weighted by atomic mass is 16.6. The van der Waals surface area contributed by atoms with E-state index in [1.165, 1.54) is 0 Å². The fraction of sp³-hybridized carbons (Fsp3) is 0.571. The second-order valence-electron chi connectivity index (χ2n) is 4.84. The van der Waals surface area contributed by atoms with Gasteiger partial charge < -0.3 is 5.73 Å². The van der Waals surface area contributed by atoms with E-state index in [1.54, 1.807) is 13.0 Å². The number of rotatable bonds is 6. The van der Waals surface area contributed by atoms with Crippen LogP contribution in [0.5, 0.6) is 0 Å². The van der Waals surface area contributed by atoms with Gasteiger partial charge in [-0.1, -0.05) is 32.3 Å². The Kier molecular flexibility index (Phi) is 5.28. The van der Waals surface area contributed by atoms with Crippen molar-refractivity contribution < 1.29 is 4.92 Å². The van der Waals surface area contributed by atoms with Gasteiger partial charge in [0.25, 0.3) is 5.69 Å². The Bertz CT molecular complexity index is 430. The maximum Gasteiger partial charge on any atom is 0.272 e. The van der Waals surface area contributed by atoms with Gasteiger partial charge in [-0.25, -0.2) is 0 Å². The average Bonchev–Trinajstić information content (AvgIpc) is 2.32. The summed E-state index contributed by atoms with van der Waals surface area (Å²) in [4.78, 5) is 10.6.